The SMILES string of the molecule is CCC1(C)CC=NNC1. The predicted molar refractivity (Wildman–Crippen MR) is 39.5 cm³/mol. The van der Waals surface area contributed by atoms with E-state index in [0.717, 1.165) is 13.0 Å². The average Bonchev–Trinajstić information content (AvgIpc) is 1.90. The molecule has 0 aromatic heterocycles. The van der Waals surface area contributed by atoms with Gasteiger partial charge in [0.25, 0.3) is 0 Å². The molecule has 0 aromatic rings. The van der Waals surface area contributed by atoms with Gasteiger partial charge in [-0.25, -0.2) is 0 Å². The van der Waals surface area contributed by atoms with Crippen molar-refractivity contribution in [2.24, 2.45) is 10.5 Å². The normalized spacial score (nSPS) is 34.0. The summed E-state index contributed by atoms with van der Waals surface area (Å²) in [5.74, 6) is 0. The van der Waals surface area contributed by atoms with Crippen molar-refractivity contribution < 1.29 is 0 Å². The van der Waals surface area contributed by atoms with Crippen LogP contribution in [0.15, 0.2) is 5.10 Å². The lowest BCUT2D eigenvalue weighted by atomic mass is 9.84. The number of hydrazone groups is 1. The quantitative estimate of drug-likeness (QED) is 0.564. The van der Waals surface area contributed by atoms with Gasteiger partial charge in [0.15, 0.2) is 0 Å². The van der Waals surface area contributed by atoms with E-state index in [1.165, 1.54) is 6.42 Å². The summed E-state index contributed by atoms with van der Waals surface area (Å²) in [5.41, 5.74) is 3.46. The van der Waals surface area contributed by atoms with Crippen LogP contribution in [0.4, 0.5) is 0 Å². The molecule has 1 unspecified atom stereocenters. The zero-order chi connectivity index (χ0) is 6.74. The molecular weight excluding hydrogens is 112 g/mol. The first-order chi connectivity index (χ1) is 4.27. The lowest BCUT2D eigenvalue weighted by Gasteiger charge is -2.28. The zero-order valence-corrected chi connectivity index (χ0v) is 6.15. The number of nitrogens with one attached hydrogen (secondary N) is 1. The predicted octanol–water partition coefficient (Wildman–Crippen LogP) is 1.38. The molecule has 2 nitrogen and oxygen atoms in total. The van der Waals surface area contributed by atoms with Crippen LogP contribution in [0.2, 0.25) is 0 Å². The maximum absolute atomic E-state index is 3.95. The summed E-state index contributed by atoms with van der Waals surface area (Å²) in [5, 5.41) is 3.95. The minimum Gasteiger partial charge on any atom is -0.310 e. The van der Waals surface area contributed by atoms with Gasteiger partial charge in [-0.05, 0) is 18.3 Å². The van der Waals surface area contributed by atoms with Crippen molar-refractivity contribution in [1.82, 2.24) is 5.43 Å². The molecule has 0 saturated carbocycles. The molecule has 9 heavy (non-hydrogen) atoms. The van der Waals surface area contributed by atoms with Gasteiger partial charge in [0.05, 0.1) is 0 Å². The first-order valence-electron chi connectivity index (χ1n) is 3.51. The minimum absolute atomic E-state index is 0.460. The average molecular weight is 126 g/mol. The summed E-state index contributed by atoms with van der Waals surface area (Å²) < 4.78 is 0. The van der Waals surface area contributed by atoms with Gasteiger partial charge in [0.1, 0.15) is 0 Å². The molecule has 1 rings (SSSR count). The molecule has 0 aliphatic carbocycles. The molecule has 0 amide bonds. The Bertz CT molecular complexity index is 120. The van der Waals surface area contributed by atoms with Crippen LogP contribution in [-0.4, -0.2) is 12.8 Å². The van der Waals surface area contributed by atoms with E-state index in [1.54, 1.807) is 0 Å². The monoisotopic (exact) mass is 126 g/mol. The molecular formula is C7H14N2. The van der Waals surface area contributed by atoms with E-state index in [1.807, 2.05) is 6.21 Å². The summed E-state index contributed by atoms with van der Waals surface area (Å²) in [6.07, 6.45) is 4.31. The highest BCUT2D eigenvalue weighted by Gasteiger charge is 2.22. The Hall–Kier alpha value is -0.530. The Morgan fingerprint density at radius 3 is 2.89 bits per heavy atom. The standard InChI is InChI=1S/C7H14N2/c1-3-7(2)4-5-8-9-6-7/h5,9H,3-4,6H2,1-2H3. The minimum atomic E-state index is 0.460. The molecule has 0 spiro atoms. The fourth-order valence-electron chi connectivity index (χ4n) is 0.909. The van der Waals surface area contributed by atoms with Gasteiger partial charge in [-0.2, -0.15) is 5.10 Å². The molecule has 2 heteroatoms. The highest BCUT2D eigenvalue weighted by Crippen LogP contribution is 2.24. The summed E-state index contributed by atoms with van der Waals surface area (Å²) in [6, 6.07) is 0. The second-order valence-electron chi connectivity index (χ2n) is 3.01. The largest absolute Gasteiger partial charge is 0.310 e. The van der Waals surface area contributed by atoms with E-state index < -0.39 is 0 Å². The third-order valence-corrected chi connectivity index (χ3v) is 2.13. The molecule has 1 aliphatic heterocycles. The fourth-order valence-corrected chi connectivity index (χ4v) is 0.909. The van der Waals surface area contributed by atoms with Crippen molar-refractivity contribution in [3.8, 4) is 0 Å². The molecule has 1 heterocycles. The molecule has 0 bridgehead atoms. The van der Waals surface area contributed by atoms with Crippen molar-refractivity contribution in [3.05, 3.63) is 0 Å². The second kappa shape index (κ2) is 2.38. The molecule has 52 valence electrons. The van der Waals surface area contributed by atoms with Gasteiger partial charge in [-0.15, -0.1) is 0 Å². The van der Waals surface area contributed by atoms with Gasteiger partial charge >= 0.3 is 0 Å². The van der Waals surface area contributed by atoms with E-state index in [4.69, 9.17) is 0 Å². The Kier molecular flexibility index (Phi) is 1.74. The van der Waals surface area contributed by atoms with E-state index in [9.17, 15) is 0 Å². The molecule has 0 radical (unpaired) electrons. The molecule has 0 aromatic carbocycles. The third-order valence-electron chi connectivity index (χ3n) is 2.13. The third kappa shape index (κ3) is 1.44. The first-order valence-corrected chi connectivity index (χ1v) is 3.51. The van der Waals surface area contributed by atoms with Crippen LogP contribution in [0.3, 0.4) is 0 Å². The highest BCUT2D eigenvalue weighted by molar-refractivity contribution is 5.58. The van der Waals surface area contributed by atoms with Gasteiger partial charge < -0.3 is 5.43 Å². The van der Waals surface area contributed by atoms with E-state index in [-0.39, 0.29) is 0 Å². The summed E-state index contributed by atoms with van der Waals surface area (Å²) >= 11 is 0. The van der Waals surface area contributed by atoms with Crippen LogP contribution in [0.5, 0.6) is 0 Å². The van der Waals surface area contributed by atoms with Crippen molar-refractivity contribution in [2.75, 3.05) is 6.54 Å². The molecule has 1 atom stereocenters. The van der Waals surface area contributed by atoms with Crippen LogP contribution < -0.4 is 5.43 Å². The smallest absolute Gasteiger partial charge is 0.0386 e. The van der Waals surface area contributed by atoms with Crippen LogP contribution in [0.1, 0.15) is 26.7 Å². The van der Waals surface area contributed by atoms with E-state index in [0.29, 0.717) is 5.41 Å². The molecule has 1 aliphatic rings. The van der Waals surface area contributed by atoms with Crippen LogP contribution in [-0.2, 0) is 0 Å². The Morgan fingerprint density at radius 1 is 1.78 bits per heavy atom. The van der Waals surface area contributed by atoms with Gasteiger partial charge in [-0.3, -0.25) is 0 Å². The van der Waals surface area contributed by atoms with Crippen molar-refractivity contribution in [3.63, 3.8) is 0 Å². The molecule has 0 saturated heterocycles. The highest BCUT2D eigenvalue weighted by atomic mass is 15.3. The van der Waals surface area contributed by atoms with Crippen LogP contribution in [0, 0.1) is 5.41 Å². The van der Waals surface area contributed by atoms with Crippen molar-refractivity contribution >= 4 is 6.21 Å². The topological polar surface area (TPSA) is 24.4 Å². The molecule has 1 N–H and O–H groups in total. The Balaban J connectivity index is 2.50. The van der Waals surface area contributed by atoms with Gasteiger partial charge in [-0.1, -0.05) is 13.8 Å². The summed E-state index contributed by atoms with van der Waals surface area (Å²) in [6.45, 7) is 5.53. The lowest BCUT2D eigenvalue weighted by molar-refractivity contribution is 0.297. The van der Waals surface area contributed by atoms with Crippen molar-refractivity contribution in [2.45, 2.75) is 26.7 Å². The van der Waals surface area contributed by atoms with Gasteiger partial charge in [0, 0.05) is 12.8 Å². The zero-order valence-electron chi connectivity index (χ0n) is 6.15. The summed E-state index contributed by atoms with van der Waals surface area (Å²) in [7, 11) is 0. The van der Waals surface area contributed by atoms with E-state index in [2.05, 4.69) is 24.4 Å². The Morgan fingerprint density at radius 2 is 2.56 bits per heavy atom. The van der Waals surface area contributed by atoms with Crippen LogP contribution >= 0.6 is 0 Å². The van der Waals surface area contributed by atoms with Crippen molar-refractivity contribution in [1.29, 1.82) is 0 Å². The van der Waals surface area contributed by atoms with Crippen LogP contribution in [0.25, 0.3) is 0 Å². The number of hydrogen-bond donors (Lipinski definition) is 1. The number of rotatable bonds is 1. The van der Waals surface area contributed by atoms with Gasteiger partial charge in [0.2, 0.25) is 0 Å². The summed E-state index contributed by atoms with van der Waals surface area (Å²) in [4.78, 5) is 0. The maximum atomic E-state index is 3.95. The molecule has 0 fully saturated rings. The number of hydrogen-bond acceptors (Lipinski definition) is 2. The maximum Gasteiger partial charge on any atom is 0.0386 e. The number of nitrogens with zero attached hydrogens (tertiary/aromatic N) is 1. The first kappa shape index (κ1) is 6.59. The van der Waals surface area contributed by atoms with E-state index >= 15 is 0 Å². The second-order valence-corrected chi connectivity index (χ2v) is 3.01. The fraction of sp³-hybridized carbons (Fsp3) is 0.857. The Labute approximate surface area is 56.3 Å². The lowest BCUT2D eigenvalue weighted by Crippen LogP contribution is -2.32.